The molecule has 2 aromatic rings. The Labute approximate surface area is 204 Å². The second kappa shape index (κ2) is 11.2. The van der Waals surface area contributed by atoms with Crippen molar-refractivity contribution >= 4 is 12.0 Å². The van der Waals surface area contributed by atoms with Crippen LogP contribution in [0.25, 0.3) is 5.69 Å². The number of nitrogens with zero attached hydrogens (tertiary/aromatic N) is 3. The van der Waals surface area contributed by atoms with E-state index in [9.17, 15) is 14.0 Å². The second-order valence-corrected chi connectivity index (χ2v) is 9.22. The summed E-state index contributed by atoms with van der Waals surface area (Å²) >= 11 is 0. The second-order valence-electron chi connectivity index (χ2n) is 9.22. The van der Waals surface area contributed by atoms with Gasteiger partial charge in [-0.05, 0) is 63.8 Å². The third kappa shape index (κ3) is 6.18. The van der Waals surface area contributed by atoms with Crippen LogP contribution in [0.5, 0.6) is 0 Å². The molecular weight excluding hydrogens is 453 g/mol. The molecule has 2 fully saturated rings. The largest absolute Gasteiger partial charge is 0.453 e. The van der Waals surface area contributed by atoms with Crippen LogP contribution in [0.2, 0.25) is 0 Å². The van der Waals surface area contributed by atoms with Crippen LogP contribution in [-0.4, -0.2) is 71.7 Å². The summed E-state index contributed by atoms with van der Waals surface area (Å²) in [5, 5.41) is 10.8. The van der Waals surface area contributed by atoms with Crippen LogP contribution in [-0.2, 0) is 20.7 Å². The topological polar surface area (TPSA) is 97.7 Å². The predicted molar refractivity (Wildman–Crippen MR) is 128 cm³/mol. The van der Waals surface area contributed by atoms with E-state index in [1.807, 2.05) is 24.8 Å². The highest BCUT2D eigenvalue weighted by Gasteiger charge is 2.41. The van der Waals surface area contributed by atoms with Crippen molar-refractivity contribution < 1.29 is 23.5 Å². The monoisotopic (exact) mass is 487 g/mol. The lowest BCUT2D eigenvalue weighted by atomic mass is 10.1. The molecule has 0 unspecified atom stereocenters. The van der Waals surface area contributed by atoms with Crippen molar-refractivity contribution in [1.29, 1.82) is 0 Å². The Hall–Kier alpha value is -2.98. The van der Waals surface area contributed by atoms with Crippen molar-refractivity contribution in [2.45, 2.75) is 63.8 Å². The normalized spacial score (nSPS) is 20.8. The molecule has 1 aromatic carbocycles. The fraction of sp³-hybridized carbons (Fsp3) is 0.560. The number of rotatable bonds is 9. The Kier molecular flexibility index (Phi) is 8.02. The quantitative estimate of drug-likeness (QED) is 0.528. The van der Waals surface area contributed by atoms with E-state index in [0.717, 1.165) is 30.8 Å². The molecule has 1 aromatic heterocycles. The highest BCUT2D eigenvalue weighted by molar-refractivity contribution is 5.82. The molecule has 9 nitrogen and oxygen atoms in total. The van der Waals surface area contributed by atoms with Crippen molar-refractivity contribution in [2.24, 2.45) is 0 Å². The Morgan fingerprint density at radius 1 is 1.34 bits per heavy atom. The van der Waals surface area contributed by atoms with Crippen molar-refractivity contribution in [2.75, 3.05) is 26.7 Å². The SMILES string of the molecule is COC(=O)NCCCc1cc([C@@H](C)N(C(=O)[C@H]2CNC[C@@H](C)O2)C2CC2)nn1-c1cccc(F)c1. The summed E-state index contributed by atoms with van der Waals surface area (Å²) in [5.74, 6) is -0.375. The smallest absolute Gasteiger partial charge is 0.406 e. The van der Waals surface area contributed by atoms with Gasteiger partial charge in [0.2, 0.25) is 0 Å². The first-order valence-corrected chi connectivity index (χ1v) is 12.2. The summed E-state index contributed by atoms with van der Waals surface area (Å²) in [6.45, 7) is 5.60. The van der Waals surface area contributed by atoms with E-state index in [-0.39, 0.29) is 29.9 Å². The summed E-state index contributed by atoms with van der Waals surface area (Å²) in [6, 6.07) is 8.15. The first-order valence-electron chi connectivity index (χ1n) is 12.2. The van der Waals surface area contributed by atoms with Crippen molar-refractivity contribution in [3.63, 3.8) is 0 Å². The van der Waals surface area contributed by atoms with Gasteiger partial charge in [0.15, 0.2) is 0 Å². The number of morpholine rings is 1. The van der Waals surface area contributed by atoms with Gasteiger partial charge >= 0.3 is 6.09 Å². The molecule has 3 atom stereocenters. The van der Waals surface area contributed by atoms with Gasteiger partial charge < -0.3 is 25.0 Å². The van der Waals surface area contributed by atoms with E-state index >= 15 is 0 Å². The minimum Gasteiger partial charge on any atom is -0.453 e. The summed E-state index contributed by atoms with van der Waals surface area (Å²) in [6.07, 6.45) is 2.15. The average Bonchev–Trinajstić information content (AvgIpc) is 3.59. The molecule has 2 amide bonds. The highest BCUT2D eigenvalue weighted by atomic mass is 19.1. The highest BCUT2D eigenvalue weighted by Crippen LogP contribution is 2.35. The maximum absolute atomic E-state index is 14.0. The van der Waals surface area contributed by atoms with Crippen LogP contribution in [0.4, 0.5) is 9.18 Å². The van der Waals surface area contributed by atoms with E-state index in [1.165, 1.54) is 19.2 Å². The number of carbonyl (C=O) groups is 2. The van der Waals surface area contributed by atoms with Gasteiger partial charge in [-0.1, -0.05) is 6.07 Å². The number of carbonyl (C=O) groups excluding carboxylic acids is 2. The molecule has 0 bridgehead atoms. The molecule has 1 aliphatic heterocycles. The molecular formula is C25H34FN5O4. The Morgan fingerprint density at radius 2 is 2.14 bits per heavy atom. The number of aromatic nitrogens is 2. The number of nitrogens with one attached hydrogen (secondary N) is 2. The van der Waals surface area contributed by atoms with Gasteiger partial charge in [-0.2, -0.15) is 5.10 Å². The summed E-state index contributed by atoms with van der Waals surface area (Å²) in [5.41, 5.74) is 2.22. The molecule has 10 heteroatoms. The first-order chi connectivity index (χ1) is 16.9. The zero-order chi connectivity index (χ0) is 24.9. The Balaban J connectivity index is 1.57. The van der Waals surface area contributed by atoms with Crippen LogP contribution >= 0.6 is 0 Å². The summed E-state index contributed by atoms with van der Waals surface area (Å²) in [4.78, 5) is 26.7. The van der Waals surface area contributed by atoms with Crippen LogP contribution < -0.4 is 10.6 Å². The molecule has 1 aliphatic carbocycles. The third-order valence-electron chi connectivity index (χ3n) is 6.39. The van der Waals surface area contributed by atoms with Crippen LogP contribution in [0.15, 0.2) is 30.3 Å². The van der Waals surface area contributed by atoms with Gasteiger partial charge in [-0.3, -0.25) is 4.79 Å². The number of ether oxygens (including phenoxy) is 2. The lowest BCUT2D eigenvalue weighted by Crippen LogP contribution is -2.53. The minimum absolute atomic E-state index is 0.0218. The lowest BCUT2D eigenvalue weighted by Gasteiger charge is -2.35. The standard InChI is InChI=1S/C25H34FN5O4/c1-16-14-27-15-23(35-16)24(32)30(19-9-10-19)17(2)22-13-21(8-5-11-28-25(33)34-3)31(29-22)20-7-4-6-18(26)12-20/h4,6-7,12-13,16-17,19,23,27H,5,8-11,14-15H2,1-3H3,(H,28,33)/t16-,17-,23-/m1/s1. The van der Waals surface area contributed by atoms with Gasteiger partial charge in [0.1, 0.15) is 11.9 Å². The average molecular weight is 488 g/mol. The van der Waals surface area contributed by atoms with Crippen molar-refractivity contribution in [3.05, 3.63) is 47.5 Å². The number of halogens is 1. The van der Waals surface area contributed by atoms with Gasteiger partial charge in [0.05, 0.1) is 30.6 Å². The number of hydrogen-bond acceptors (Lipinski definition) is 6. The number of amides is 2. The fourth-order valence-electron chi connectivity index (χ4n) is 4.47. The molecule has 0 radical (unpaired) electrons. The maximum atomic E-state index is 14.0. The molecule has 0 spiro atoms. The number of alkyl carbamates (subject to hydrolysis) is 1. The first kappa shape index (κ1) is 25.1. The van der Waals surface area contributed by atoms with Crippen LogP contribution in [0, 0.1) is 5.82 Å². The fourth-order valence-corrected chi connectivity index (χ4v) is 4.47. The molecule has 1 saturated heterocycles. The van der Waals surface area contributed by atoms with E-state index in [1.54, 1.807) is 16.8 Å². The summed E-state index contributed by atoms with van der Waals surface area (Å²) < 4.78 is 26.3. The maximum Gasteiger partial charge on any atom is 0.406 e. The number of aryl methyl sites for hydroxylation is 1. The van der Waals surface area contributed by atoms with Gasteiger partial charge in [0, 0.05) is 31.4 Å². The van der Waals surface area contributed by atoms with Crippen LogP contribution in [0.3, 0.4) is 0 Å². The molecule has 4 rings (SSSR count). The molecule has 2 aliphatic rings. The molecule has 1 saturated carbocycles. The zero-order valence-electron chi connectivity index (χ0n) is 20.5. The molecule has 35 heavy (non-hydrogen) atoms. The van der Waals surface area contributed by atoms with E-state index in [0.29, 0.717) is 31.6 Å². The third-order valence-corrected chi connectivity index (χ3v) is 6.39. The van der Waals surface area contributed by atoms with E-state index in [2.05, 4.69) is 15.4 Å². The Morgan fingerprint density at radius 3 is 2.83 bits per heavy atom. The predicted octanol–water partition coefficient (Wildman–Crippen LogP) is 2.73. The number of methoxy groups -OCH3 is 1. The van der Waals surface area contributed by atoms with Crippen LogP contribution in [0.1, 0.15) is 50.5 Å². The van der Waals surface area contributed by atoms with Crippen molar-refractivity contribution in [1.82, 2.24) is 25.3 Å². The minimum atomic E-state index is -0.518. The zero-order valence-corrected chi connectivity index (χ0v) is 20.5. The van der Waals surface area contributed by atoms with Crippen molar-refractivity contribution in [3.8, 4) is 5.69 Å². The Bertz CT molecular complexity index is 1040. The number of benzene rings is 1. The van der Waals surface area contributed by atoms with E-state index in [4.69, 9.17) is 9.84 Å². The molecule has 2 heterocycles. The lowest BCUT2D eigenvalue weighted by molar-refractivity contribution is -0.152. The van der Waals surface area contributed by atoms with E-state index < -0.39 is 12.2 Å². The molecule has 2 N–H and O–H groups in total. The number of hydrogen-bond donors (Lipinski definition) is 2. The summed E-state index contributed by atoms with van der Waals surface area (Å²) in [7, 11) is 1.32. The molecule has 190 valence electrons. The van der Waals surface area contributed by atoms with Gasteiger partial charge in [-0.25, -0.2) is 13.9 Å². The van der Waals surface area contributed by atoms with Gasteiger partial charge in [0.25, 0.3) is 5.91 Å². The van der Waals surface area contributed by atoms with Gasteiger partial charge in [-0.15, -0.1) is 0 Å².